The average molecular weight is 247 g/mol. The van der Waals surface area contributed by atoms with E-state index in [2.05, 4.69) is 0 Å². The molecule has 0 unspecified atom stereocenters. The number of nitrogens with two attached hydrogens (primary N) is 1. The van der Waals surface area contributed by atoms with Crippen LogP contribution in [0.25, 0.3) is 0 Å². The normalized spacial score (nSPS) is 13.4. The van der Waals surface area contributed by atoms with E-state index in [1.807, 2.05) is 18.2 Å². The van der Waals surface area contributed by atoms with Crippen molar-refractivity contribution in [3.05, 3.63) is 29.3 Å². The Kier molecular flexibility index (Phi) is 3.97. The molecule has 4 nitrogen and oxygen atoms in total. The van der Waals surface area contributed by atoms with E-state index in [9.17, 15) is 9.59 Å². The zero-order valence-electron chi connectivity index (χ0n) is 10.3. The number of hydrogen-bond donors (Lipinski definition) is 1. The predicted molar refractivity (Wildman–Crippen MR) is 67.6 cm³/mol. The van der Waals surface area contributed by atoms with Crippen LogP contribution < -0.4 is 10.5 Å². The Bertz CT molecular complexity index is 468. The van der Waals surface area contributed by atoms with Gasteiger partial charge in [0.15, 0.2) is 5.78 Å². The van der Waals surface area contributed by atoms with Crippen LogP contribution in [0.1, 0.15) is 41.6 Å². The van der Waals surface area contributed by atoms with Crippen LogP contribution in [0.15, 0.2) is 18.2 Å². The van der Waals surface area contributed by atoms with Gasteiger partial charge in [-0.2, -0.15) is 0 Å². The van der Waals surface area contributed by atoms with Crippen LogP contribution in [0.4, 0.5) is 0 Å². The summed E-state index contributed by atoms with van der Waals surface area (Å²) >= 11 is 0. The van der Waals surface area contributed by atoms with Crippen LogP contribution in [0, 0.1) is 0 Å². The molecule has 2 rings (SSSR count). The molecule has 0 atom stereocenters. The van der Waals surface area contributed by atoms with Gasteiger partial charge in [-0.05, 0) is 43.0 Å². The molecule has 1 aromatic carbocycles. The van der Waals surface area contributed by atoms with E-state index in [4.69, 9.17) is 10.5 Å². The monoisotopic (exact) mass is 247 g/mol. The standard InChI is InChI=1S/C14H17NO3/c15-14(17)3-1-2-8-18-11-5-6-12-10(9-11)4-7-13(12)16/h5-6,9H,1-4,7-8H2,(H2,15,17). The van der Waals surface area contributed by atoms with Crippen molar-refractivity contribution >= 4 is 11.7 Å². The molecule has 18 heavy (non-hydrogen) atoms. The van der Waals surface area contributed by atoms with Crippen LogP contribution >= 0.6 is 0 Å². The van der Waals surface area contributed by atoms with Crippen molar-refractivity contribution in [3.63, 3.8) is 0 Å². The fourth-order valence-corrected chi connectivity index (χ4v) is 2.11. The molecular formula is C14H17NO3. The first-order valence-corrected chi connectivity index (χ1v) is 6.24. The summed E-state index contributed by atoms with van der Waals surface area (Å²) < 4.78 is 5.58. The van der Waals surface area contributed by atoms with Gasteiger partial charge in [-0.15, -0.1) is 0 Å². The van der Waals surface area contributed by atoms with Crippen molar-refractivity contribution in [2.45, 2.75) is 32.1 Å². The second-order valence-electron chi connectivity index (χ2n) is 4.51. The molecule has 4 heteroatoms. The maximum Gasteiger partial charge on any atom is 0.217 e. The zero-order chi connectivity index (χ0) is 13.0. The summed E-state index contributed by atoms with van der Waals surface area (Å²) in [5.74, 6) is 0.742. The largest absolute Gasteiger partial charge is 0.494 e. The number of ether oxygens (including phenoxy) is 1. The van der Waals surface area contributed by atoms with Gasteiger partial charge in [-0.3, -0.25) is 9.59 Å². The van der Waals surface area contributed by atoms with Gasteiger partial charge in [0, 0.05) is 18.4 Å². The Morgan fingerprint density at radius 2 is 2.11 bits per heavy atom. The third-order valence-corrected chi connectivity index (χ3v) is 3.08. The highest BCUT2D eigenvalue weighted by molar-refractivity contribution is 6.00. The van der Waals surface area contributed by atoms with Crippen molar-refractivity contribution in [3.8, 4) is 5.75 Å². The molecule has 1 aliphatic carbocycles. The summed E-state index contributed by atoms with van der Waals surface area (Å²) in [6.45, 7) is 0.569. The van der Waals surface area contributed by atoms with Crippen LogP contribution in [-0.4, -0.2) is 18.3 Å². The molecule has 1 amide bonds. The molecule has 1 aromatic rings. The molecule has 1 aliphatic rings. The summed E-state index contributed by atoms with van der Waals surface area (Å²) in [4.78, 5) is 22.0. The maximum absolute atomic E-state index is 11.5. The van der Waals surface area contributed by atoms with Gasteiger partial charge in [0.2, 0.25) is 5.91 Å². The van der Waals surface area contributed by atoms with Crippen molar-refractivity contribution in [1.82, 2.24) is 0 Å². The highest BCUT2D eigenvalue weighted by Gasteiger charge is 2.19. The van der Waals surface area contributed by atoms with Gasteiger partial charge in [-0.25, -0.2) is 0 Å². The summed E-state index contributed by atoms with van der Waals surface area (Å²) in [7, 11) is 0. The molecule has 0 spiro atoms. The summed E-state index contributed by atoms with van der Waals surface area (Å²) in [6.07, 6.45) is 3.38. The Labute approximate surface area is 106 Å². The van der Waals surface area contributed by atoms with Crippen molar-refractivity contribution in [2.75, 3.05) is 6.61 Å². The fraction of sp³-hybridized carbons (Fsp3) is 0.429. The second kappa shape index (κ2) is 5.67. The Balaban J connectivity index is 1.80. The van der Waals surface area contributed by atoms with Gasteiger partial charge in [0.05, 0.1) is 6.61 Å². The summed E-state index contributed by atoms with van der Waals surface area (Å²) in [6, 6.07) is 5.61. The SMILES string of the molecule is NC(=O)CCCCOc1ccc2c(c1)CCC2=O. The van der Waals surface area contributed by atoms with E-state index in [-0.39, 0.29) is 11.7 Å². The van der Waals surface area contributed by atoms with E-state index in [0.717, 1.165) is 36.1 Å². The van der Waals surface area contributed by atoms with Gasteiger partial charge in [-0.1, -0.05) is 0 Å². The highest BCUT2D eigenvalue weighted by Crippen LogP contribution is 2.26. The first-order chi connectivity index (χ1) is 8.66. The minimum Gasteiger partial charge on any atom is -0.494 e. The number of fused-ring (bicyclic) bond motifs is 1. The maximum atomic E-state index is 11.5. The number of aryl methyl sites for hydroxylation is 1. The first kappa shape index (κ1) is 12.6. The molecule has 0 saturated heterocycles. The van der Waals surface area contributed by atoms with Gasteiger partial charge in [0.1, 0.15) is 5.75 Å². The minimum absolute atomic E-state index is 0.220. The lowest BCUT2D eigenvalue weighted by atomic mass is 10.1. The number of Topliss-reactive ketones (excluding diaryl/α,β-unsaturated/α-hetero) is 1. The zero-order valence-corrected chi connectivity index (χ0v) is 10.3. The molecule has 0 saturated carbocycles. The number of unbranched alkanes of at least 4 members (excludes halogenated alkanes) is 1. The van der Waals surface area contributed by atoms with Crippen LogP contribution in [0.2, 0.25) is 0 Å². The number of benzene rings is 1. The first-order valence-electron chi connectivity index (χ1n) is 6.24. The lowest BCUT2D eigenvalue weighted by molar-refractivity contribution is -0.118. The molecule has 0 bridgehead atoms. The van der Waals surface area contributed by atoms with Crippen molar-refractivity contribution < 1.29 is 14.3 Å². The number of rotatable bonds is 6. The molecule has 0 radical (unpaired) electrons. The number of amides is 1. The summed E-state index contributed by atoms with van der Waals surface area (Å²) in [5.41, 5.74) is 6.96. The van der Waals surface area contributed by atoms with E-state index < -0.39 is 0 Å². The Hall–Kier alpha value is -1.84. The molecule has 96 valence electrons. The smallest absolute Gasteiger partial charge is 0.217 e. The topological polar surface area (TPSA) is 69.4 Å². The van der Waals surface area contributed by atoms with Crippen LogP contribution in [-0.2, 0) is 11.2 Å². The number of carbonyl (C=O) groups is 2. The van der Waals surface area contributed by atoms with E-state index >= 15 is 0 Å². The predicted octanol–water partition coefficient (Wildman–Crippen LogP) is 1.85. The van der Waals surface area contributed by atoms with E-state index in [0.29, 0.717) is 19.4 Å². The minimum atomic E-state index is -0.272. The molecular weight excluding hydrogens is 230 g/mol. The van der Waals surface area contributed by atoms with Gasteiger partial charge < -0.3 is 10.5 Å². The van der Waals surface area contributed by atoms with E-state index in [1.54, 1.807) is 0 Å². The molecule has 0 fully saturated rings. The summed E-state index contributed by atoms with van der Waals surface area (Å²) in [5, 5.41) is 0. The number of ketones is 1. The lowest BCUT2D eigenvalue weighted by Crippen LogP contribution is -2.10. The third kappa shape index (κ3) is 3.09. The highest BCUT2D eigenvalue weighted by atomic mass is 16.5. The molecule has 2 N–H and O–H groups in total. The van der Waals surface area contributed by atoms with Crippen molar-refractivity contribution in [1.29, 1.82) is 0 Å². The quantitative estimate of drug-likeness (QED) is 0.780. The van der Waals surface area contributed by atoms with Crippen LogP contribution in [0.3, 0.4) is 0 Å². The Morgan fingerprint density at radius 3 is 2.89 bits per heavy atom. The molecule has 0 aliphatic heterocycles. The van der Waals surface area contributed by atoms with Gasteiger partial charge >= 0.3 is 0 Å². The second-order valence-corrected chi connectivity index (χ2v) is 4.51. The third-order valence-electron chi connectivity index (χ3n) is 3.08. The molecule has 0 aromatic heterocycles. The number of primary amides is 1. The molecule has 0 heterocycles. The number of hydrogen-bond acceptors (Lipinski definition) is 3. The van der Waals surface area contributed by atoms with Gasteiger partial charge in [0.25, 0.3) is 0 Å². The van der Waals surface area contributed by atoms with Crippen molar-refractivity contribution in [2.24, 2.45) is 5.73 Å². The lowest BCUT2D eigenvalue weighted by Gasteiger charge is -2.07. The average Bonchev–Trinajstić information content (AvgIpc) is 2.70. The van der Waals surface area contributed by atoms with E-state index in [1.165, 1.54) is 0 Å². The fourth-order valence-electron chi connectivity index (χ4n) is 2.11. The van der Waals surface area contributed by atoms with Crippen LogP contribution in [0.5, 0.6) is 5.75 Å². The Morgan fingerprint density at radius 1 is 1.28 bits per heavy atom. The number of carbonyl (C=O) groups excluding carboxylic acids is 2.